The van der Waals surface area contributed by atoms with Gasteiger partial charge in [-0.1, -0.05) is 0 Å². The van der Waals surface area contributed by atoms with Gasteiger partial charge in [-0.15, -0.1) is 0 Å². The van der Waals surface area contributed by atoms with Gasteiger partial charge in [0.1, 0.15) is 0 Å². The van der Waals surface area contributed by atoms with E-state index < -0.39 is 0 Å². The van der Waals surface area contributed by atoms with Crippen LogP contribution < -0.4 is 21.2 Å². The predicted molar refractivity (Wildman–Crippen MR) is 49.5 cm³/mol. The van der Waals surface area contributed by atoms with Crippen LogP contribution in [0.4, 0.5) is 0 Å². The van der Waals surface area contributed by atoms with Crippen LogP contribution in [0.15, 0.2) is 30.3 Å². The van der Waals surface area contributed by atoms with Gasteiger partial charge in [0.15, 0.2) is 0 Å². The van der Waals surface area contributed by atoms with Crippen LogP contribution in [0.25, 0.3) is 0 Å². The maximum absolute atomic E-state index is 2.32. The second-order valence-corrected chi connectivity index (χ2v) is 6.89. The molecule has 1 aromatic rings. The molecule has 0 saturated heterocycles. The maximum atomic E-state index is 2.32. The van der Waals surface area contributed by atoms with Crippen molar-refractivity contribution in [1.82, 2.24) is 0 Å². The topological polar surface area (TPSA) is 0 Å². The zero-order valence-electron chi connectivity index (χ0n) is 7.97. The van der Waals surface area contributed by atoms with Crippen LogP contribution in [0.3, 0.4) is 0 Å². The Hall–Kier alpha value is -0.0500. The van der Waals surface area contributed by atoms with E-state index in [1.165, 1.54) is 4.43 Å². The van der Waals surface area contributed by atoms with Gasteiger partial charge in [0.25, 0.3) is 0 Å². The third-order valence-electron chi connectivity index (χ3n) is 1.36. The van der Waals surface area contributed by atoms with Gasteiger partial charge < -0.3 is 0 Å². The van der Waals surface area contributed by atoms with Crippen LogP contribution in [0, 0.1) is 8.99 Å². The van der Waals surface area contributed by atoms with Gasteiger partial charge in [0.05, 0.1) is 0 Å². The summed E-state index contributed by atoms with van der Waals surface area (Å²) in [4.78, 5) is 0. The van der Waals surface area contributed by atoms with Crippen LogP contribution in [0.2, 0.25) is 0 Å². The van der Waals surface area contributed by atoms with Crippen molar-refractivity contribution in [3.05, 3.63) is 33.9 Å². The van der Waals surface area contributed by atoms with Crippen molar-refractivity contribution < 1.29 is 21.2 Å². The molecule has 12 heavy (non-hydrogen) atoms. The number of hydrogen-bond acceptors (Lipinski definition) is 0. The molecule has 0 aliphatic heterocycles. The first-order valence-corrected chi connectivity index (χ1v) is 6.82. The average molecular weight is 275 g/mol. The second-order valence-electron chi connectivity index (χ2n) is 4.12. The fourth-order valence-corrected chi connectivity index (χ4v) is 3.29. The Kier molecular flexibility index (Phi) is 3.56. The third kappa shape index (κ3) is 4.10. The van der Waals surface area contributed by atoms with Gasteiger partial charge in [0, 0.05) is 0 Å². The summed E-state index contributed by atoms with van der Waals surface area (Å²) in [7, 11) is 0. The van der Waals surface area contributed by atoms with Crippen LogP contribution in [0.1, 0.15) is 20.8 Å². The molecule has 0 atom stereocenters. The van der Waals surface area contributed by atoms with Gasteiger partial charge in [-0.3, -0.25) is 0 Å². The van der Waals surface area contributed by atoms with Gasteiger partial charge in [-0.05, 0) is 0 Å². The fraction of sp³-hybridized carbons (Fsp3) is 0.455. The first kappa shape index (κ1) is 10.0. The molecule has 0 aliphatic carbocycles. The van der Waals surface area contributed by atoms with Crippen LogP contribution in [0.5, 0.6) is 0 Å². The molecule has 0 aromatic heterocycles. The summed E-state index contributed by atoms with van der Waals surface area (Å²) in [6, 6.07) is 10.9. The molecule has 0 heterocycles. The average Bonchev–Trinajstić information content (AvgIpc) is 2.02. The molecular formula is C11H16I-. The van der Waals surface area contributed by atoms with Crippen LogP contribution >= 0.6 is 0 Å². The molecule has 0 amide bonds. The first-order valence-electron chi connectivity index (χ1n) is 4.22. The molecule has 0 saturated carbocycles. The van der Waals surface area contributed by atoms with Gasteiger partial charge in [-0.2, -0.15) is 0 Å². The van der Waals surface area contributed by atoms with Crippen molar-refractivity contribution in [1.29, 1.82) is 0 Å². The van der Waals surface area contributed by atoms with E-state index in [2.05, 4.69) is 51.1 Å². The molecule has 0 N–H and O–H groups in total. The fourth-order valence-electron chi connectivity index (χ4n) is 0.781. The molecule has 0 spiro atoms. The number of benzene rings is 1. The molecular weight excluding hydrogens is 259 g/mol. The number of hydrogen-bond donors (Lipinski definition) is 0. The summed E-state index contributed by atoms with van der Waals surface area (Å²) in [6.07, 6.45) is 0. The Morgan fingerprint density at radius 1 is 1.08 bits per heavy atom. The minimum atomic E-state index is 0.237. The van der Waals surface area contributed by atoms with E-state index in [1.807, 2.05) is 0 Å². The molecule has 0 aliphatic rings. The van der Waals surface area contributed by atoms with Crippen molar-refractivity contribution >= 4 is 0 Å². The van der Waals surface area contributed by atoms with Crippen molar-refractivity contribution in [2.45, 2.75) is 20.8 Å². The van der Waals surface area contributed by atoms with Crippen molar-refractivity contribution in [3.63, 3.8) is 0 Å². The Labute approximate surface area is 85.6 Å². The molecule has 1 rings (SSSR count). The van der Waals surface area contributed by atoms with Crippen molar-refractivity contribution in [2.75, 3.05) is 4.43 Å². The van der Waals surface area contributed by atoms with E-state index in [0.717, 1.165) is 0 Å². The zero-order chi connectivity index (χ0) is 9.03. The molecule has 0 nitrogen and oxygen atoms in total. The Bertz CT molecular complexity index is 221. The summed E-state index contributed by atoms with van der Waals surface area (Å²) in [5.74, 6) is 0. The zero-order valence-corrected chi connectivity index (χ0v) is 10.1. The van der Waals surface area contributed by atoms with E-state index in [1.54, 1.807) is 3.57 Å². The summed E-state index contributed by atoms with van der Waals surface area (Å²) in [5.41, 5.74) is 0.503. The second kappa shape index (κ2) is 4.26. The standard InChI is InChI=1S/C11H16I/c1-11(2,3)9-12-10-7-5-4-6-8-10/h4-8H,9H2,1-3H3/q-1. The van der Waals surface area contributed by atoms with Gasteiger partial charge in [0.2, 0.25) is 0 Å². The van der Waals surface area contributed by atoms with Crippen LogP contribution in [-0.4, -0.2) is 4.43 Å². The summed E-state index contributed by atoms with van der Waals surface area (Å²) >= 11 is 0.237. The molecule has 0 fully saturated rings. The molecule has 0 radical (unpaired) electrons. The Morgan fingerprint density at radius 3 is 2.17 bits per heavy atom. The predicted octanol–water partition coefficient (Wildman–Crippen LogP) is -0.00870. The van der Waals surface area contributed by atoms with Crippen molar-refractivity contribution in [3.8, 4) is 0 Å². The van der Waals surface area contributed by atoms with E-state index in [0.29, 0.717) is 5.41 Å². The molecule has 1 aromatic carbocycles. The Morgan fingerprint density at radius 2 is 1.67 bits per heavy atom. The number of halogens is 1. The van der Waals surface area contributed by atoms with Gasteiger partial charge in [-0.25, -0.2) is 0 Å². The van der Waals surface area contributed by atoms with E-state index in [4.69, 9.17) is 0 Å². The van der Waals surface area contributed by atoms with E-state index in [9.17, 15) is 0 Å². The van der Waals surface area contributed by atoms with E-state index >= 15 is 0 Å². The summed E-state index contributed by atoms with van der Waals surface area (Å²) in [6.45, 7) is 6.95. The van der Waals surface area contributed by atoms with Gasteiger partial charge >= 0.3 is 85.7 Å². The summed E-state index contributed by atoms with van der Waals surface area (Å²) in [5, 5.41) is 0. The number of alkyl halides is 1. The summed E-state index contributed by atoms with van der Waals surface area (Å²) < 4.78 is 2.93. The normalized spacial score (nSPS) is 11.9. The minimum absolute atomic E-state index is 0.237. The SMILES string of the molecule is CC(C)(C)C[I-]c1ccccc1. The molecule has 68 valence electrons. The van der Waals surface area contributed by atoms with Crippen LogP contribution in [-0.2, 0) is 0 Å². The number of rotatable bonds is 2. The van der Waals surface area contributed by atoms with Crippen molar-refractivity contribution in [2.24, 2.45) is 5.41 Å². The molecule has 0 unspecified atom stereocenters. The first-order chi connectivity index (χ1) is 5.58. The molecule has 0 bridgehead atoms. The third-order valence-corrected chi connectivity index (χ3v) is 5.62. The van der Waals surface area contributed by atoms with E-state index in [-0.39, 0.29) is 21.2 Å². The monoisotopic (exact) mass is 275 g/mol. The quantitative estimate of drug-likeness (QED) is 0.526. The Balaban J connectivity index is 2.44. The molecule has 1 heteroatoms.